The van der Waals surface area contributed by atoms with Crippen LogP contribution in [0.3, 0.4) is 0 Å². The fourth-order valence-corrected chi connectivity index (χ4v) is 2.60. The Morgan fingerprint density at radius 2 is 2.00 bits per heavy atom. The second kappa shape index (κ2) is 4.84. The van der Waals surface area contributed by atoms with Crippen LogP contribution in [0, 0.1) is 0 Å². The number of aromatic nitrogens is 2. The molecule has 0 saturated heterocycles. The van der Waals surface area contributed by atoms with E-state index in [9.17, 15) is 9.59 Å². The molecule has 1 aliphatic carbocycles. The Kier molecular flexibility index (Phi) is 3.03. The number of aromatic amines is 1. The molecule has 0 bridgehead atoms. The van der Waals surface area contributed by atoms with Crippen LogP contribution < -0.4 is 11.0 Å². The number of hydrogen-bond acceptors (Lipinski definition) is 3. The maximum absolute atomic E-state index is 12.2. The lowest BCUT2D eigenvalue weighted by atomic mass is 10.1. The lowest BCUT2D eigenvalue weighted by molar-refractivity contribution is 0.0934. The molecule has 1 fully saturated rings. The number of nitrogens with one attached hydrogen (secondary N) is 2. The molecule has 3 rings (SSSR count). The second-order valence-corrected chi connectivity index (χ2v) is 4.89. The molecule has 1 saturated carbocycles. The van der Waals surface area contributed by atoms with Crippen molar-refractivity contribution in [3.8, 4) is 0 Å². The Morgan fingerprint density at radius 1 is 1.26 bits per heavy atom. The first-order valence-corrected chi connectivity index (χ1v) is 6.54. The summed E-state index contributed by atoms with van der Waals surface area (Å²) in [5.74, 6) is -0.255. The van der Waals surface area contributed by atoms with Crippen molar-refractivity contribution in [3.63, 3.8) is 0 Å². The Bertz CT molecular complexity index is 672. The number of carbonyl (C=O) groups is 1. The Balaban J connectivity index is 1.98. The molecule has 0 radical (unpaired) electrons. The Labute approximate surface area is 110 Å². The average molecular weight is 257 g/mol. The van der Waals surface area contributed by atoms with Crippen LogP contribution in [0.2, 0.25) is 0 Å². The summed E-state index contributed by atoms with van der Waals surface area (Å²) in [6.07, 6.45) is 4.31. The maximum atomic E-state index is 12.2. The zero-order chi connectivity index (χ0) is 13.2. The van der Waals surface area contributed by atoms with E-state index < -0.39 is 5.69 Å². The first kappa shape index (κ1) is 11.9. The van der Waals surface area contributed by atoms with E-state index in [-0.39, 0.29) is 17.6 Å². The molecule has 0 spiro atoms. The molecular weight excluding hydrogens is 242 g/mol. The van der Waals surface area contributed by atoms with Gasteiger partial charge >= 0.3 is 5.69 Å². The van der Waals surface area contributed by atoms with Gasteiger partial charge in [-0.25, -0.2) is 4.79 Å². The van der Waals surface area contributed by atoms with E-state index in [0.29, 0.717) is 10.9 Å². The van der Waals surface area contributed by atoms with Gasteiger partial charge in [-0.2, -0.15) is 4.98 Å². The lowest BCUT2D eigenvalue weighted by Gasteiger charge is -2.12. The van der Waals surface area contributed by atoms with Crippen LogP contribution in [-0.4, -0.2) is 21.9 Å². The van der Waals surface area contributed by atoms with Gasteiger partial charge in [0.15, 0.2) is 0 Å². The van der Waals surface area contributed by atoms with E-state index >= 15 is 0 Å². The quantitative estimate of drug-likeness (QED) is 0.858. The van der Waals surface area contributed by atoms with Crippen molar-refractivity contribution in [2.75, 3.05) is 0 Å². The Morgan fingerprint density at radius 3 is 2.79 bits per heavy atom. The molecule has 2 N–H and O–H groups in total. The second-order valence-electron chi connectivity index (χ2n) is 4.89. The molecule has 1 aromatic heterocycles. The van der Waals surface area contributed by atoms with Crippen LogP contribution in [0.1, 0.15) is 36.2 Å². The molecule has 5 nitrogen and oxygen atoms in total. The van der Waals surface area contributed by atoms with Crippen molar-refractivity contribution >= 4 is 16.8 Å². The van der Waals surface area contributed by atoms with Crippen LogP contribution in [-0.2, 0) is 0 Å². The van der Waals surface area contributed by atoms with E-state index in [1.807, 2.05) is 12.1 Å². The number of amides is 1. The maximum Gasteiger partial charge on any atom is 0.346 e. The summed E-state index contributed by atoms with van der Waals surface area (Å²) in [6, 6.07) is 7.42. The highest BCUT2D eigenvalue weighted by Gasteiger charge is 2.20. The largest absolute Gasteiger partial charge is 0.348 e. The molecule has 1 aromatic carbocycles. The molecular formula is C14H15N3O2. The molecule has 98 valence electrons. The van der Waals surface area contributed by atoms with Crippen LogP contribution >= 0.6 is 0 Å². The summed E-state index contributed by atoms with van der Waals surface area (Å²) >= 11 is 0. The van der Waals surface area contributed by atoms with Gasteiger partial charge in [0, 0.05) is 11.4 Å². The van der Waals surface area contributed by atoms with Crippen molar-refractivity contribution in [1.29, 1.82) is 0 Å². The van der Waals surface area contributed by atoms with Gasteiger partial charge in [-0.3, -0.25) is 4.79 Å². The highest BCUT2D eigenvalue weighted by atomic mass is 16.2. The van der Waals surface area contributed by atoms with Crippen molar-refractivity contribution in [2.45, 2.75) is 31.7 Å². The first-order chi connectivity index (χ1) is 9.24. The van der Waals surface area contributed by atoms with Gasteiger partial charge in [-0.15, -0.1) is 0 Å². The van der Waals surface area contributed by atoms with Gasteiger partial charge in [0.2, 0.25) is 0 Å². The fraction of sp³-hybridized carbons (Fsp3) is 0.357. The number of carbonyl (C=O) groups excluding carboxylic acids is 1. The molecule has 0 atom stereocenters. The fourth-order valence-electron chi connectivity index (χ4n) is 2.60. The van der Waals surface area contributed by atoms with Gasteiger partial charge in [0.05, 0.1) is 5.52 Å². The minimum absolute atomic E-state index is 0.214. The summed E-state index contributed by atoms with van der Waals surface area (Å²) in [7, 11) is 0. The van der Waals surface area contributed by atoms with Crippen LogP contribution in [0.15, 0.2) is 29.1 Å². The van der Waals surface area contributed by atoms with E-state index in [1.54, 1.807) is 12.1 Å². The van der Waals surface area contributed by atoms with Gasteiger partial charge in [-0.05, 0) is 18.9 Å². The number of para-hydroxylation sites is 1. The zero-order valence-corrected chi connectivity index (χ0v) is 10.5. The van der Waals surface area contributed by atoms with Crippen molar-refractivity contribution in [1.82, 2.24) is 15.3 Å². The highest BCUT2D eigenvalue weighted by molar-refractivity contribution is 6.04. The zero-order valence-electron chi connectivity index (χ0n) is 10.5. The van der Waals surface area contributed by atoms with Crippen molar-refractivity contribution in [3.05, 3.63) is 40.4 Å². The normalized spacial score (nSPS) is 15.8. The third-order valence-corrected chi connectivity index (χ3v) is 3.54. The summed E-state index contributed by atoms with van der Waals surface area (Å²) < 4.78 is 0. The highest BCUT2D eigenvalue weighted by Crippen LogP contribution is 2.19. The summed E-state index contributed by atoms with van der Waals surface area (Å²) in [4.78, 5) is 30.2. The minimum Gasteiger partial charge on any atom is -0.348 e. The smallest absolute Gasteiger partial charge is 0.346 e. The van der Waals surface area contributed by atoms with Crippen LogP contribution in [0.5, 0.6) is 0 Å². The molecule has 2 aromatic rings. The van der Waals surface area contributed by atoms with E-state index in [2.05, 4.69) is 15.3 Å². The molecule has 1 heterocycles. The van der Waals surface area contributed by atoms with E-state index in [0.717, 1.165) is 25.7 Å². The lowest BCUT2D eigenvalue weighted by Crippen LogP contribution is -2.34. The summed E-state index contributed by atoms with van der Waals surface area (Å²) in [5, 5.41) is 3.64. The molecule has 1 amide bonds. The van der Waals surface area contributed by atoms with Gasteiger partial charge in [-0.1, -0.05) is 31.0 Å². The molecule has 5 heteroatoms. The van der Waals surface area contributed by atoms with Gasteiger partial charge < -0.3 is 10.3 Å². The predicted molar refractivity (Wildman–Crippen MR) is 72.1 cm³/mol. The van der Waals surface area contributed by atoms with E-state index in [1.165, 1.54) is 0 Å². The SMILES string of the molecule is O=C(NC1CCCC1)c1nc(=O)[nH]c2ccccc12. The van der Waals surface area contributed by atoms with Gasteiger partial charge in [0.1, 0.15) is 5.69 Å². The minimum atomic E-state index is -0.490. The van der Waals surface area contributed by atoms with Crippen molar-refractivity contribution in [2.24, 2.45) is 0 Å². The first-order valence-electron chi connectivity index (χ1n) is 6.54. The summed E-state index contributed by atoms with van der Waals surface area (Å²) in [6.45, 7) is 0. The number of fused-ring (bicyclic) bond motifs is 1. The third-order valence-electron chi connectivity index (χ3n) is 3.54. The molecule has 0 unspecified atom stereocenters. The number of nitrogens with zero attached hydrogens (tertiary/aromatic N) is 1. The average Bonchev–Trinajstić information content (AvgIpc) is 2.90. The predicted octanol–water partition coefficient (Wildman–Crippen LogP) is 1.60. The number of hydrogen-bond donors (Lipinski definition) is 2. The number of benzene rings is 1. The van der Waals surface area contributed by atoms with Crippen LogP contribution in [0.25, 0.3) is 10.9 Å². The standard InChI is InChI=1S/C14H15N3O2/c18-13(15-9-5-1-2-6-9)12-10-7-3-4-8-11(10)16-14(19)17-12/h3-4,7-9H,1-2,5-6H2,(H,15,18)(H,16,17,19). The number of H-pyrrole nitrogens is 1. The van der Waals surface area contributed by atoms with Gasteiger partial charge in [0.25, 0.3) is 5.91 Å². The Hall–Kier alpha value is -2.17. The number of rotatable bonds is 2. The van der Waals surface area contributed by atoms with Crippen LogP contribution in [0.4, 0.5) is 0 Å². The topological polar surface area (TPSA) is 74.8 Å². The molecule has 0 aliphatic heterocycles. The summed E-state index contributed by atoms with van der Waals surface area (Å²) in [5.41, 5.74) is 0.362. The van der Waals surface area contributed by atoms with E-state index in [4.69, 9.17) is 0 Å². The van der Waals surface area contributed by atoms with Crippen molar-refractivity contribution < 1.29 is 4.79 Å². The third kappa shape index (κ3) is 2.36. The molecule has 1 aliphatic rings. The molecule has 19 heavy (non-hydrogen) atoms. The monoisotopic (exact) mass is 257 g/mol.